The molecular weight excluding hydrogens is 326 g/mol. The van der Waals surface area contributed by atoms with E-state index in [1.54, 1.807) is 4.57 Å². The van der Waals surface area contributed by atoms with Gasteiger partial charge in [0.05, 0.1) is 11.0 Å². The van der Waals surface area contributed by atoms with Gasteiger partial charge in [-0.3, -0.25) is 4.57 Å². The molecule has 0 spiro atoms. The monoisotopic (exact) mass is 351 g/mol. The average molecular weight is 351 g/mol. The molecule has 0 aromatic carbocycles. The lowest BCUT2D eigenvalue weighted by molar-refractivity contribution is 0.195. The van der Waals surface area contributed by atoms with Crippen molar-refractivity contribution in [2.24, 2.45) is 0 Å². The number of anilines is 2. The number of hydrogen-bond acceptors (Lipinski definition) is 4. The van der Waals surface area contributed by atoms with E-state index in [1.165, 1.54) is 5.22 Å². The van der Waals surface area contributed by atoms with Gasteiger partial charge >= 0.3 is 6.03 Å². The molecule has 0 atom stereocenters. The largest absolute Gasteiger partial charge is 0.382 e. The first-order chi connectivity index (χ1) is 12.8. The van der Waals surface area contributed by atoms with Crippen LogP contribution in [0.2, 0.25) is 0 Å². The third-order valence-electron chi connectivity index (χ3n) is 5.04. The zero-order chi connectivity index (χ0) is 17.9. The second-order valence-corrected chi connectivity index (χ2v) is 6.67. The van der Waals surface area contributed by atoms with Crippen molar-refractivity contribution >= 4 is 29.7 Å². The Balaban J connectivity index is 1.48. The van der Waals surface area contributed by atoms with Crippen molar-refractivity contribution < 1.29 is 4.79 Å². The third-order valence-corrected chi connectivity index (χ3v) is 5.04. The number of nitrogens with zero attached hydrogens (tertiary/aromatic N) is 4. The molecule has 136 valence electrons. The van der Waals surface area contributed by atoms with Gasteiger partial charge < -0.3 is 15.1 Å². The first-order valence-electron chi connectivity index (χ1n) is 9.39. The Morgan fingerprint density at radius 1 is 1.15 bits per heavy atom. The van der Waals surface area contributed by atoms with Crippen molar-refractivity contribution in [3.05, 3.63) is 41.2 Å². The van der Waals surface area contributed by atoms with E-state index in [4.69, 9.17) is 0 Å². The van der Waals surface area contributed by atoms with Gasteiger partial charge in [-0.1, -0.05) is 12.2 Å². The number of nitrogens with one attached hydrogen (secondary N) is 1. The molecule has 1 aliphatic carbocycles. The number of pyridine rings is 1. The van der Waals surface area contributed by atoms with Crippen molar-refractivity contribution in [2.75, 3.05) is 42.9 Å². The Morgan fingerprint density at radius 3 is 2.77 bits per heavy atom. The molecule has 6 heteroatoms. The molecule has 1 amide bonds. The number of piperazine rings is 1. The lowest BCUT2D eigenvalue weighted by atomic mass is 10.2. The van der Waals surface area contributed by atoms with Crippen molar-refractivity contribution in [1.82, 2.24) is 14.5 Å². The molecule has 0 saturated carbocycles. The van der Waals surface area contributed by atoms with Crippen molar-refractivity contribution in [3.8, 4) is 0 Å². The minimum atomic E-state index is 0.0744. The summed E-state index contributed by atoms with van der Waals surface area (Å²) in [5.74, 6) is 0.975. The van der Waals surface area contributed by atoms with Crippen LogP contribution in [0.15, 0.2) is 30.6 Å². The Morgan fingerprint density at radius 2 is 1.96 bits per heavy atom. The Hall–Kier alpha value is -2.76. The molecule has 2 aromatic heterocycles. The van der Waals surface area contributed by atoms with Crippen LogP contribution in [0.25, 0.3) is 12.2 Å². The Bertz CT molecular complexity index is 909. The quantitative estimate of drug-likeness (QED) is 0.910. The van der Waals surface area contributed by atoms with E-state index in [0.717, 1.165) is 49.3 Å². The predicted molar refractivity (Wildman–Crippen MR) is 105 cm³/mol. The smallest absolute Gasteiger partial charge is 0.328 e. The van der Waals surface area contributed by atoms with E-state index < -0.39 is 0 Å². The fourth-order valence-corrected chi connectivity index (χ4v) is 3.71. The molecule has 0 radical (unpaired) electrons. The van der Waals surface area contributed by atoms with Gasteiger partial charge in [0.2, 0.25) is 0 Å². The summed E-state index contributed by atoms with van der Waals surface area (Å²) < 4.78 is 1.80. The fourth-order valence-electron chi connectivity index (χ4n) is 3.71. The molecule has 3 heterocycles. The number of carbonyl (C=O) groups is 1. The lowest BCUT2D eigenvalue weighted by Crippen LogP contribution is -2.52. The van der Waals surface area contributed by atoms with Crippen LogP contribution in [0, 0.1) is 0 Å². The van der Waals surface area contributed by atoms with Gasteiger partial charge in [-0.25, -0.2) is 9.78 Å². The number of hydrogen-bond donors (Lipinski definition) is 1. The molecule has 4 rings (SSSR count). The maximum Gasteiger partial charge on any atom is 0.328 e. The molecule has 26 heavy (non-hydrogen) atoms. The summed E-state index contributed by atoms with van der Waals surface area (Å²) in [5, 5.41) is 5.58. The van der Waals surface area contributed by atoms with Crippen LogP contribution in [0.3, 0.4) is 0 Å². The van der Waals surface area contributed by atoms with E-state index in [0.29, 0.717) is 13.1 Å². The van der Waals surface area contributed by atoms with Crippen LogP contribution < -0.4 is 20.8 Å². The number of carbonyl (C=O) groups excluding carboxylic acids is 1. The van der Waals surface area contributed by atoms with E-state index >= 15 is 0 Å². The molecule has 0 unspecified atom stereocenters. The number of aromatic nitrogens is 2. The van der Waals surface area contributed by atoms with Gasteiger partial charge in [0, 0.05) is 45.1 Å². The maximum atomic E-state index is 13.0. The maximum absolute atomic E-state index is 13.0. The molecule has 2 aromatic rings. The summed E-state index contributed by atoms with van der Waals surface area (Å²) in [6, 6.07) is 6.12. The van der Waals surface area contributed by atoms with Gasteiger partial charge in [-0.15, -0.1) is 0 Å². The van der Waals surface area contributed by atoms with Gasteiger partial charge in [0.25, 0.3) is 0 Å². The SMILES string of the molecule is CCNc1cccnc1N1CCN(C(=O)n2ccc3c2=CCCC=3)CC1. The molecule has 1 aliphatic heterocycles. The number of amides is 1. The minimum absolute atomic E-state index is 0.0744. The normalized spacial score (nSPS) is 16.5. The van der Waals surface area contributed by atoms with Crippen LogP contribution >= 0.6 is 0 Å². The van der Waals surface area contributed by atoms with E-state index in [-0.39, 0.29) is 6.03 Å². The lowest BCUT2D eigenvalue weighted by Gasteiger charge is -2.36. The first kappa shape index (κ1) is 16.7. The van der Waals surface area contributed by atoms with Gasteiger partial charge in [0.1, 0.15) is 0 Å². The summed E-state index contributed by atoms with van der Waals surface area (Å²) in [7, 11) is 0. The fraction of sp³-hybridized carbons (Fsp3) is 0.400. The highest BCUT2D eigenvalue weighted by molar-refractivity contribution is 5.78. The van der Waals surface area contributed by atoms with Crippen molar-refractivity contribution in [2.45, 2.75) is 19.8 Å². The van der Waals surface area contributed by atoms with Crippen molar-refractivity contribution in [3.63, 3.8) is 0 Å². The van der Waals surface area contributed by atoms with Crippen LogP contribution in [0.5, 0.6) is 0 Å². The minimum Gasteiger partial charge on any atom is -0.382 e. The molecular formula is C20H25N5O. The second-order valence-electron chi connectivity index (χ2n) is 6.67. The highest BCUT2D eigenvalue weighted by atomic mass is 16.2. The van der Waals surface area contributed by atoms with E-state index in [2.05, 4.69) is 40.3 Å². The van der Waals surface area contributed by atoms with Gasteiger partial charge in [-0.05, 0) is 43.2 Å². The number of rotatable bonds is 3. The van der Waals surface area contributed by atoms with Crippen LogP contribution in [0.4, 0.5) is 16.3 Å². The summed E-state index contributed by atoms with van der Waals surface area (Å²) in [5.41, 5.74) is 1.05. The Labute approximate surface area is 153 Å². The van der Waals surface area contributed by atoms with Crippen LogP contribution in [-0.4, -0.2) is 53.2 Å². The predicted octanol–water partition coefficient (Wildman–Crippen LogP) is 1.46. The van der Waals surface area contributed by atoms with Crippen LogP contribution in [0.1, 0.15) is 19.8 Å². The van der Waals surface area contributed by atoms with Gasteiger partial charge in [-0.2, -0.15) is 0 Å². The molecule has 0 bridgehead atoms. The zero-order valence-corrected chi connectivity index (χ0v) is 15.2. The Kier molecular flexibility index (Phi) is 4.65. The summed E-state index contributed by atoms with van der Waals surface area (Å²) in [4.78, 5) is 21.7. The standard InChI is InChI=1S/C20H25N5O/c1-2-21-17-7-5-10-22-19(17)23-12-14-24(15-13-23)20(26)25-11-9-16-6-3-4-8-18(16)25/h5-11,21H,2-4,12-15H2,1H3. The first-order valence-corrected chi connectivity index (χ1v) is 9.39. The third kappa shape index (κ3) is 3.07. The topological polar surface area (TPSA) is 53.4 Å². The van der Waals surface area contributed by atoms with Gasteiger partial charge in [0.15, 0.2) is 5.82 Å². The zero-order valence-electron chi connectivity index (χ0n) is 15.2. The molecule has 6 nitrogen and oxygen atoms in total. The molecule has 1 saturated heterocycles. The second kappa shape index (κ2) is 7.23. The highest BCUT2D eigenvalue weighted by Crippen LogP contribution is 2.23. The average Bonchev–Trinajstić information content (AvgIpc) is 3.12. The van der Waals surface area contributed by atoms with Crippen LogP contribution in [-0.2, 0) is 0 Å². The molecule has 1 N–H and O–H groups in total. The van der Waals surface area contributed by atoms with E-state index in [1.807, 2.05) is 29.4 Å². The summed E-state index contributed by atoms with van der Waals surface area (Å²) in [6.45, 7) is 5.94. The summed E-state index contributed by atoms with van der Waals surface area (Å²) >= 11 is 0. The highest BCUT2D eigenvalue weighted by Gasteiger charge is 2.24. The number of fused-ring (bicyclic) bond motifs is 1. The molecule has 1 fully saturated rings. The van der Waals surface area contributed by atoms with Crippen molar-refractivity contribution in [1.29, 1.82) is 0 Å². The summed E-state index contributed by atoms with van der Waals surface area (Å²) in [6.07, 6.45) is 10.2. The molecule has 2 aliphatic rings. The van der Waals surface area contributed by atoms with E-state index in [9.17, 15) is 4.79 Å².